The van der Waals surface area contributed by atoms with Gasteiger partial charge in [0.2, 0.25) is 17.6 Å². The number of halogens is 1. The second-order valence-electron chi connectivity index (χ2n) is 5.91. The molecule has 0 spiro atoms. The lowest BCUT2D eigenvalue weighted by Crippen LogP contribution is -2.42. The largest absolute Gasteiger partial charge is 0.481 e. The van der Waals surface area contributed by atoms with Gasteiger partial charge in [0.1, 0.15) is 0 Å². The summed E-state index contributed by atoms with van der Waals surface area (Å²) in [6.07, 6.45) is 1.89. The second kappa shape index (κ2) is 6.60. The highest BCUT2D eigenvalue weighted by Crippen LogP contribution is 2.44. The Balaban J connectivity index is 1.56. The summed E-state index contributed by atoms with van der Waals surface area (Å²) in [5, 5.41) is 16.3. The second-order valence-corrected chi connectivity index (χ2v) is 6.35. The van der Waals surface area contributed by atoms with Gasteiger partial charge in [-0.2, -0.15) is 4.98 Å². The van der Waals surface area contributed by atoms with E-state index < -0.39 is 11.4 Å². The molecule has 1 aromatic heterocycles. The summed E-state index contributed by atoms with van der Waals surface area (Å²) < 4.78 is 5.09. The first-order valence-electron chi connectivity index (χ1n) is 7.57. The first kappa shape index (κ1) is 16.4. The fourth-order valence-corrected chi connectivity index (χ4v) is 2.78. The van der Waals surface area contributed by atoms with Gasteiger partial charge in [0.15, 0.2) is 0 Å². The summed E-state index contributed by atoms with van der Waals surface area (Å²) in [6, 6.07) is 6.98. The number of carbonyl (C=O) groups is 2. The molecule has 0 saturated heterocycles. The molecule has 1 heterocycles. The average molecular weight is 350 g/mol. The van der Waals surface area contributed by atoms with E-state index in [4.69, 9.17) is 16.1 Å². The molecule has 126 valence electrons. The van der Waals surface area contributed by atoms with Crippen LogP contribution >= 0.6 is 11.6 Å². The number of aliphatic carboxylic acids is 1. The van der Waals surface area contributed by atoms with E-state index in [0.717, 1.165) is 12.0 Å². The maximum atomic E-state index is 12.0. The Labute approximate surface area is 143 Å². The third-order valence-electron chi connectivity index (χ3n) is 4.27. The van der Waals surface area contributed by atoms with Gasteiger partial charge in [0, 0.05) is 17.0 Å². The van der Waals surface area contributed by atoms with Crippen LogP contribution in [0.5, 0.6) is 0 Å². The molecule has 0 radical (unpaired) electrons. The monoisotopic (exact) mass is 349 g/mol. The number of hydrogen-bond acceptors (Lipinski definition) is 5. The highest BCUT2D eigenvalue weighted by Gasteiger charge is 2.45. The lowest BCUT2D eigenvalue weighted by Gasteiger charge is -2.36. The first-order chi connectivity index (χ1) is 11.5. The van der Waals surface area contributed by atoms with E-state index in [1.54, 1.807) is 24.3 Å². The molecule has 24 heavy (non-hydrogen) atoms. The molecule has 7 nitrogen and oxygen atoms in total. The lowest BCUT2D eigenvalue weighted by molar-refractivity contribution is -0.157. The molecule has 0 bridgehead atoms. The molecule has 1 saturated carbocycles. The van der Waals surface area contributed by atoms with Crippen molar-refractivity contribution in [3.8, 4) is 11.4 Å². The minimum absolute atomic E-state index is 0.0273. The Bertz CT molecular complexity index is 753. The van der Waals surface area contributed by atoms with Crippen LogP contribution in [0.25, 0.3) is 11.4 Å². The number of rotatable bonds is 6. The Morgan fingerprint density at radius 3 is 2.58 bits per heavy atom. The van der Waals surface area contributed by atoms with Crippen molar-refractivity contribution in [2.24, 2.45) is 5.41 Å². The van der Waals surface area contributed by atoms with Crippen molar-refractivity contribution in [2.45, 2.75) is 32.2 Å². The number of nitrogens with one attached hydrogen (secondary N) is 1. The van der Waals surface area contributed by atoms with Crippen LogP contribution < -0.4 is 5.32 Å². The molecule has 8 heteroatoms. The van der Waals surface area contributed by atoms with Crippen LogP contribution in [0.15, 0.2) is 28.8 Å². The number of carbonyl (C=O) groups excluding carboxylic acids is 1. The summed E-state index contributed by atoms with van der Waals surface area (Å²) in [6.45, 7) is 0.0646. The topological polar surface area (TPSA) is 105 Å². The van der Waals surface area contributed by atoms with Gasteiger partial charge >= 0.3 is 5.97 Å². The van der Waals surface area contributed by atoms with Gasteiger partial charge in [-0.05, 0) is 37.1 Å². The first-order valence-corrected chi connectivity index (χ1v) is 7.95. The molecule has 3 rings (SSSR count). The molecule has 0 aliphatic heterocycles. The van der Waals surface area contributed by atoms with E-state index in [-0.39, 0.29) is 24.8 Å². The van der Waals surface area contributed by atoms with Crippen molar-refractivity contribution >= 4 is 23.5 Å². The highest BCUT2D eigenvalue weighted by molar-refractivity contribution is 6.30. The maximum Gasteiger partial charge on any atom is 0.310 e. The van der Waals surface area contributed by atoms with Gasteiger partial charge in [-0.25, -0.2) is 0 Å². The number of carboxylic acid groups (broad SMARTS) is 1. The van der Waals surface area contributed by atoms with Gasteiger partial charge in [0.25, 0.3) is 0 Å². The van der Waals surface area contributed by atoms with Crippen molar-refractivity contribution in [3.05, 3.63) is 35.2 Å². The number of carboxylic acids is 1. The minimum atomic E-state index is -0.910. The molecular weight excluding hydrogens is 334 g/mol. The van der Waals surface area contributed by atoms with Gasteiger partial charge in [-0.15, -0.1) is 0 Å². The summed E-state index contributed by atoms with van der Waals surface area (Å²) in [4.78, 5) is 27.4. The number of aromatic nitrogens is 2. The van der Waals surface area contributed by atoms with Crippen LogP contribution in [-0.4, -0.2) is 27.1 Å². The van der Waals surface area contributed by atoms with E-state index in [1.807, 2.05) is 0 Å². The van der Waals surface area contributed by atoms with Crippen LogP contribution in [-0.2, 0) is 16.1 Å². The fraction of sp³-hybridized carbons (Fsp3) is 0.375. The van der Waals surface area contributed by atoms with Gasteiger partial charge < -0.3 is 14.9 Å². The number of benzene rings is 1. The van der Waals surface area contributed by atoms with E-state index in [9.17, 15) is 14.7 Å². The zero-order valence-corrected chi connectivity index (χ0v) is 13.5. The van der Waals surface area contributed by atoms with Gasteiger partial charge in [-0.3, -0.25) is 9.59 Å². The molecule has 1 amide bonds. The predicted octanol–water partition coefficient (Wildman–Crippen LogP) is 2.65. The molecule has 1 aliphatic rings. The smallest absolute Gasteiger partial charge is 0.310 e. The number of amides is 1. The minimum Gasteiger partial charge on any atom is -0.481 e. The lowest BCUT2D eigenvalue weighted by atomic mass is 9.66. The van der Waals surface area contributed by atoms with Crippen molar-refractivity contribution in [1.82, 2.24) is 15.5 Å². The zero-order chi connectivity index (χ0) is 17.2. The quantitative estimate of drug-likeness (QED) is 0.830. The highest BCUT2D eigenvalue weighted by atomic mass is 35.5. The Morgan fingerprint density at radius 1 is 1.29 bits per heavy atom. The molecule has 1 fully saturated rings. The third kappa shape index (κ3) is 3.41. The summed E-state index contributed by atoms with van der Waals surface area (Å²) in [7, 11) is 0. The molecule has 2 N–H and O–H groups in total. The molecule has 0 atom stereocenters. The molecule has 1 aliphatic carbocycles. The van der Waals surface area contributed by atoms with E-state index in [2.05, 4.69) is 15.5 Å². The zero-order valence-electron chi connectivity index (χ0n) is 12.8. The predicted molar refractivity (Wildman–Crippen MR) is 85.1 cm³/mol. The van der Waals surface area contributed by atoms with Crippen molar-refractivity contribution in [2.75, 3.05) is 0 Å². The maximum absolute atomic E-state index is 12.0. The normalized spacial score (nSPS) is 15.5. The van der Waals surface area contributed by atoms with Crippen LogP contribution in [0.3, 0.4) is 0 Å². The van der Waals surface area contributed by atoms with Crippen LogP contribution in [0.4, 0.5) is 0 Å². The molecule has 0 unspecified atom stereocenters. The Hall–Kier alpha value is -2.41. The van der Waals surface area contributed by atoms with Gasteiger partial charge in [0.05, 0.1) is 12.0 Å². The third-order valence-corrected chi connectivity index (χ3v) is 4.52. The van der Waals surface area contributed by atoms with E-state index in [0.29, 0.717) is 23.7 Å². The SMILES string of the molecule is O=C(CC1(C(=O)O)CCC1)NCc1nc(-c2ccc(Cl)cc2)no1. The average Bonchev–Trinajstić information content (AvgIpc) is 2.98. The summed E-state index contributed by atoms with van der Waals surface area (Å²) >= 11 is 5.83. The van der Waals surface area contributed by atoms with Crippen LogP contribution in [0, 0.1) is 5.41 Å². The van der Waals surface area contributed by atoms with E-state index in [1.165, 1.54) is 0 Å². The van der Waals surface area contributed by atoms with Crippen LogP contribution in [0.1, 0.15) is 31.6 Å². The number of nitrogens with zero attached hydrogens (tertiary/aromatic N) is 2. The fourth-order valence-electron chi connectivity index (χ4n) is 2.66. The number of hydrogen-bond donors (Lipinski definition) is 2. The summed E-state index contributed by atoms with van der Waals surface area (Å²) in [5.41, 5.74) is -0.159. The van der Waals surface area contributed by atoms with Crippen molar-refractivity contribution in [3.63, 3.8) is 0 Å². The van der Waals surface area contributed by atoms with E-state index >= 15 is 0 Å². The standard InChI is InChI=1S/C16H16ClN3O4/c17-11-4-2-10(3-5-11)14-19-13(24-20-14)9-18-12(21)8-16(15(22)23)6-1-7-16/h2-5H,1,6-9H2,(H,18,21)(H,22,23). The Morgan fingerprint density at radius 2 is 2.00 bits per heavy atom. The molecule has 2 aromatic rings. The summed E-state index contributed by atoms with van der Waals surface area (Å²) in [5.74, 6) is -0.585. The Kier molecular flexibility index (Phi) is 4.53. The van der Waals surface area contributed by atoms with Gasteiger partial charge in [-0.1, -0.05) is 23.2 Å². The molecule has 1 aromatic carbocycles. The molecular formula is C16H16ClN3O4. The van der Waals surface area contributed by atoms with Crippen molar-refractivity contribution < 1.29 is 19.2 Å². The van der Waals surface area contributed by atoms with Crippen molar-refractivity contribution in [1.29, 1.82) is 0 Å². The van der Waals surface area contributed by atoms with Crippen LogP contribution in [0.2, 0.25) is 5.02 Å².